The number of nitrogens with one attached hydrogen (secondary N) is 1. The van der Waals surface area contributed by atoms with E-state index in [0.29, 0.717) is 12.0 Å². The highest BCUT2D eigenvalue weighted by atomic mass is 16.5. The maximum absolute atomic E-state index is 5.48. The number of likely N-dealkylation sites (N-methyl/N-ethyl adjacent to an activating group) is 1. The molecule has 1 saturated carbocycles. The molecule has 1 aliphatic carbocycles. The van der Waals surface area contributed by atoms with E-state index in [1.165, 1.54) is 19.3 Å². The molecular weight excluding hydrogens is 228 g/mol. The van der Waals surface area contributed by atoms with Crippen molar-refractivity contribution in [3.05, 3.63) is 5.89 Å². The summed E-state index contributed by atoms with van der Waals surface area (Å²) in [6, 6.07) is 0.476. The SMILES string of the molecule is CCN(CC)c1noc(C2CCCCC2NC)n1. The molecule has 1 aromatic heterocycles. The van der Waals surface area contributed by atoms with E-state index < -0.39 is 0 Å². The highest BCUT2D eigenvalue weighted by molar-refractivity contribution is 5.27. The third-order valence-electron chi connectivity index (χ3n) is 3.93. The van der Waals surface area contributed by atoms with Crippen LogP contribution in [0, 0.1) is 0 Å². The summed E-state index contributed by atoms with van der Waals surface area (Å²) in [7, 11) is 2.02. The largest absolute Gasteiger partial charge is 0.339 e. The number of anilines is 1. The van der Waals surface area contributed by atoms with Crippen LogP contribution in [0.1, 0.15) is 51.3 Å². The predicted octanol–water partition coefficient (Wildman–Crippen LogP) is 2.16. The van der Waals surface area contributed by atoms with E-state index in [1.54, 1.807) is 0 Å². The Morgan fingerprint density at radius 3 is 2.67 bits per heavy atom. The van der Waals surface area contributed by atoms with E-state index in [2.05, 4.69) is 34.2 Å². The van der Waals surface area contributed by atoms with E-state index in [0.717, 1.165) is 31.3 Å². The monoisotopic (exact) mass is 252 g/mol. The van der Waals surface area contributed by atoms with Gasteiger partial charge < -0.3 is 14.7 Å². The van der Waals surface area contributed by atoms with Crippen molar-refractivity contribution >= 4 is 5.95 Å². The molecule has 1 aliphatic rings. The van der Waals surface area contributed by atoms with Crippen molar-refractivity contribution in [2.45, 2.75) is 51.5 Å². The van der Waals surface area contributed by atoms with Crippen LogP contribution in [-0.2, 0) is 0 Å². The van der Waals surface area contributed by atoms with Crippen LogP contribution in [0.4, 0.5) is 5.95 Å². The van der Waals surface area contributed by atoms with Crippen molar-refractivity contribution in [2.75, 3.05) is 25.0 Å². The Bertz CT molecular complexity index is 362. The Morgan fingerprint density at radius 2 is 2.00 bits per heavy atom. The van der Waals surface area contributed by atoms with Crippen LogP contribution in [0.3, 0.4) is 0 Å². The van der Waals surface area contributed by atoms with E-state index in [-0.39, 0.29) is 0 Å². The van der Waals surface area contributed by atoms with Crippen LogP contribution < -0.4 is 10.2 Å². The zero-order valence-corrected chi connectivity index (χ0v) is 11.6. The molecule has 1 aromatic rings. The Morgan fingerprint density at radius 1 is 1.28 bits per heavy atom. The summed E-state index contributed by atoms with van der Waals surface area (Å²) >= 11 is 0. The topological polar surface area (TPSA) is 54.2 Å². The summed E-state index contributed by atoms with van der Waals surface area (Å²) in [4.78, 5) is 6.70. The second kappa shape index (κ2) is 6.18. The number of hydrogen-bond donors (Lipinski definition) is 1. The van der Waals surface area contributed by atoms with E-state index >= 15 is 0 Å². The van der Waals surface area contributed by atoms with Crippen LogP contribution in [0.2, 0.25) is 0 Å². The second-order valence-corrected chi connectivity index (χ2v) is 4.89. The second-order valence-electron chi connectivity index (χ2n) is 4.89. The molecule has 5 heteroatoms. The third-order valence-corrected chi connectivity index (χ3v) is 3.93. The van der Waals surface area contributed by atoms with Crippen molar-refractivity contribution in [1.82, 2.24) is 15.5 Å². The van der Waals surface area contributed by atoms with E-state index in [4.69, 9.17) is 4.52 Å². The van der Waals surface area contributed by atoms with Crippen LogP contribution in [0.15, 0.2) is 4.52 Å². The quantitative estimate of drug-likeness (QED) is 0.870. The minimum atomic E-state index is 0.376. The van der Waals surface area contributed by atoms with Gasteiger partial charge in [0.2, 0.25) is 5.89 Å². The van der Waals surface area contributed by atoms with Crippen LogP contribution >= 0.6 is 0 Å². The van der Waals surface area contributed by atoms with E-state index in [1.807, 2.05) is 7.05 Å². The molecule has 2 unspecified atom stereocenters. The van der Waals surface area contributed by atoms with Crippen LogP contribution in [0.25, 0.3) is 0 Å². The molecule has 0 spiro atoms. The van der Waals surface area contributed by atoms with Crippen molar-refractivity contribution in [2.24, 2.45) is 0 Å². The van der Waals surface area contributed by atoms with Gasteiger partial charge in [-0.3, -0.25) is 0 Å². The maximum atomic E-state index is 5.48. The molecule has 0 amide bonds. The zero-order chi connectivity index (χ0) is 13.0. The summed E-state index contributed by atoms with van der Waals surface area (Å²) in [6.07, 6.45) is 4.89. The third kappa shape index (κ3) is 2.66. The summed E-state index contributed by atoms with van der Waals surface area (Å²) in [5.41, 5.74) is 0. The summed E-state index contributed by atoms with van der Waals surface area (Å²) in [5.74, 6) is 1.91. The Labute approximate surface area is 109 Å². The number of hydrogen-bond acceptors (Lipinski definition) is 5. The lowest BCUT2D eigenvalue weighted by Gasteiger charge is -2.28. The molecule has 102 valence electrons. The average Bonchev–Trinajstić information content (AvgIpc) is 2.89. The average molecular weight is 252 g/mol. The minimum Gasteiger partial charge on any atom is -0.339 e. The Kier molecular flexibility index (Phi) is 4.58. The fourth-order valence-corrected chi connectivity index (χ4v) is 2.78. The lowest BCUT2D eigenvalue weighted by molar-refractivity contribution is 0.270. The van der Waals surface area contributed by atoms with Crippen molar-refractivity contribution in [3.63, 3.8) is 0 Å². The van der Waals surface area contributed by atoms with Gasteiger partial charge in [-0.15, -0.1) is 0 Å². The summed E-state index contributed by atoms with van der Waals surface area (Å²) < 4.78 is 5.48. The molecule has 0 aromatic carbocycles. The molecular formula is C13H24N4O. The highest BCUT2D eigenvalue weighted by Gasteiger charge is 2.30. The van der Waals surface area contributed by atoms with Gasteiger partial charge in [0.25, 0.3) is 5.95 Å². The number of aromatic nitrogens is 2. The highest BCUT2D eigenvalue weighted by Crippen LogP contribution is 2.32. The van der Waals surface area contributed by atoms with Gasteiger partial charge in [0.1, 0.15) is 0 Å². The van der Waals surface area contributed by atoms with Gasteiger partial charge in [0.05, 0.1) is 5.92 Å². The normalized spacial score (nSPS) is 24.2. The fraction of sp³-hybridized carbons (Fsp3) is 0.846. The molecule has 1 fully saturated rings. The predicted molar refractivity (Wildman–Crippen MR) is 71.9 cm³/mol. The van der Waals surface area contributed by atoms with Gasteiger partial charge in [0.15, 0.2) is 0 Å². The first-order valence-corrected chi connectivity index (χ1v) is 7.05. The van der Waals surface area contributed by atoms with Gasteiger partial charge >= 0.3 is 0 Å². The van der Waals surface area contributed by atoms with Crippen molar-refractivity contribution < 1.29 is 4.52 Å². The number of rotatable bonds is 5. The smallest absolute Gasteiger partial charge is 0.266 e. The molecule has 0 radical (unpaired) electrons. The maximum Gasteiger partial charge on any atom is 0.266 e. The van der Waals surface area contributed by atoms with Gasteiger partial charge in [0, 0.05) is 19.1 Å². The van der Waals surface area contributed by atoms with E-state index in [9.17, 15) is 0 Å². The van der Waals surface area contributed by atoms with Gasteiger partial charge in [-0.2, -0.15) is 4.98 Å². The van der Waals surface area contributed by atoms with Crippen LogP contribution in [-0.4, -0.2) is 36.3 Å². The summed E-state index contributed by atoms with van der Waals surface area (Å²) in [5, 5.41) is 7.49. The fourth-order valence-electron chi connectivity index (χ4n) is 2.78. The molecule has 0 bridgehead atoms. The molecule has 0 saturated heterocycles. The Balaban J connectivity index is 2.12. The molecule has 18 heavy (non-hydrogen) atoms. The minimum absolute atomic E-state index is 0.376. The summed E-state index contributed by atoms with van der Waals surface area (Å²) in [6.45, 7) is 6.04. The standard InChI is InChI=1S/C13H24N4O/c1-4-17(5-2)13-15-12(18-16-13)10-8-6-7-9-11(10)14-3/h10-11,14H,4-9H2,1-3H3. The first-order valence-electron chi connectivity index (χ1n) is 7.05. The number of nitrogens with zero attached hydrogens (tertiary/aromatic N) is 3. The van der Waals surface area contributed by atoms with Gasteiger partial charge in [-0.25, -0.2) is 0 Å². The lowest BCUT2D eigenvalue weighted by atomic mass is 9.84. The van der Waals surface area contributed by atoms with Crippen molar-refractivity contribution in [1.29, 1.82) is 0 Å². The first-order chi connectivity index (χ1) is 8.80. The Hall–Kier alpha value is -1.10. The molecule has 2 rings (SSSR count). The van der Waals surface area contributed by atoms with Crippen LogP contribution in [0.5, 0.6) is 0 Å². The van der Waals surface area contributed by atoms with Gasteiger partial charge in [-0.05, 0) is 38.9 Å². The van der Waals surface area contributed by atoms with Crippen molar-refractivity contribution in [3.8, 4) is 0 Å². The lowest BCUT2D eigenvalue weighted by Crippen LogP contribution is -2.34. The molecule has 0 aliphatic heterocycles. The molecule has 1 heterocycles. The molecule has 2 atom stereocenters. The molecule has 5 nitrogen and oxygen atoms in total. The first kappa shape index (κ1) is 13.3. The molecule has 1 N–H and O–H groups in total. The van der Waals surface area contributed by atoms with Gasteiger partial charge in [-0.1, -0.05) is 12.8 Å². The zero-order valence-electron chi connectivity index (χ0n) is 11.6.